The number of benzene rings is 1. The van der Waals surface area contributed by atoms with Gasteiger partial charge in [-0.25, -0.2) is 14.4 Å². The lowest BCUT2D eigenvalue weighted by Crippen LogP contribution is -2.53. The number of rotatable bonds is 29. The lowest BCUT2D eigenvalue weighted by molar-refractivity contribution is -0.159. The molecule has 66 heavy (non-hydrogen) atoms. The largest absolute Gasteiger partial charge is 0.463 e. The SMILES string of the molecule is Cc1ccc(CCC2=CC(CCOCCCC(=O)OCCOCCCC(=O)NCCCCC(NC(=O)N[C@@H](CCC(=O)OC(C)(C)C)C(=O)OC(C)(C)C)C(=O)OC(C)(C)C)CC2)c(C)c1. The summed E-state index contributed by atoms with van der Waals surface area (Å²) in [6.45, 7) is 22.0. The van der Waals surface area contributed by atoms with Crippen LogP contribution in [0.5, 0.6) is 0 Å². The summed E-state index contributed by atoms with van der Waals surface area (Å²) in [5.74, 6) is -1.80. The smallest absolute Gasteiger partial charge is 0.329 e. The van der Waals surface area contributed by atoms with E-state index in [1.807, 2.05) is 0 Å². The maximum absolute atomic E-state index is 13.2. The molecule has 1 aromatic carbocycles. The van der Waals surface area contributed by atoms with Crippen LogP contribution in [0.25, 0.3) is 0 Å². The molecule has 0 aromatic heterocycles. The summed E-state index contributed by atoms with van der Waals surface area (Å²) >= 11 is 0. The molecule has 15 heteroatoms. The summed E-state index contributed by atoms with van der Waals surface area (Å²) in [6, 6.07) is 3.65. The van der Waals surface area contributed by atoms with Crippen molar-refractivity contribution in [2.75, 3.05) is 39.6 Å². The summed E-state index contributed by atoms with van der Waals surface area (Å²) in [5, 5.41) is 8.03. The number of amides is 3. The molecule has 0 spiro atoms. The van der Waals surface area contributed by atoms with Gasteiger partial charge in [-0.3, -0.25) is 14.4 Å². The predicted molar refractivity (Wildman–Crippen MR) is 254 cm³/mol. The number of nitrogens with one attached hydrogen (secondary N) is 3. The van der Waals surface area contributed by atoms with Gasteiger partial charge in [-0.1, -0.05) is 35.4 Å². The van der Waals surface area contributed by atoms with Crippen LogP contribution in [-0.4, -0.2) is 104 Å². The average molecular weight is 930 g/mol. The van der Waals surface area contributed by atoms with Gasteiger partial charge in [0.25, 0.3) is 0 Å². The second kappa shape index (κ2) is 29.3. The Morgan fingerprint density at radius 2 is 1.26 bits per heavy atom. The van der Waals surface area contributed by atoms with Crippen LogP contribution in [0.1, 0.15) is 162 Å². The Morgan fingerprint density at radius 3 is 1.88 bits per heavy atom. The quantitative estimate of drug-likeness (QED) is 0.0302. The molecule has 0 saturated heterocycles. The molecule has 1 aliphatic rings. The molecule has 0 bridgehead atoms. The van der Waals surface area contributed by atoms with Gasteiger partial charge < -0.3 is 44.4 Å². The first-order chi connectivity index (χ1) is 30.9. The number of ether oxygens (including phenoxy) is 6. The molecule has 0 aliphatic heterocycles. The third-order valence-corrected chi connectivity index (χ3v) is 10.3. The Labute approximate surface area is 394 Å². The maximum atomic E-state index is 13.2. The van der Waals surface area contributed by atoms with Crippen molar-refractivity contribution in [2.45, 2.75) is 195 Å². The van der Waals surface area contributed by atoms with Crippen molar-refractivity contribution in [2.24, 2.45) is 5.92 Å². The van der Waals surface area contributed by atoms with Crippen molar-refractivity contribution in [3.8, 4) is 0 Å². The van der Waals surface area contributed by atoms with Crippen molar-refractivity contribution < 1.29 is 57.2 Å². The molecule has 374 valence electrons. The first-order valence-electron chi connectivity index (χ1n) is 24.0. The number of allylic oxidation sites excluding steroid dienone is 2. The van der Waals surface area contributed by atoms with E-state index in [4.69, 9.17) is 28.4 Å². The zero-order valence-corrected chi connectivity index (χ0v) is 42.1. The molecule has 15 nitrogen and oxygen atoms in total. The van der Waals surface area contributed by atoms with Crippen LogP contribution in [-0.2, 0) is 58.8 Å². The highest BCUT2D eigenvalue weighted by atomic mass is 16.6. The third kappa shape index (κ3) is 27.9. The third-order valence-electron chi connectivity index (χ3n) is 10.3. The Balaban J connectivity index is 1.59. The summed E-state index contributed by atoms with van der Waals surface area (Å²) < 4.78 is 33.0. The summed E-state index contributed by atoms with van der Waals surface area (Å²) in [4.78, 5) is 76.2. The first-order valence-corrected chi connectivity index (χ1v) is 24.0. The molecular weight excluding hydrogens is 847 g/mol. The molecule has 3 amide bonds. The van der Waals surface area contributed by atoms with E-state index in [9.17, 15) is 28.8 Å². The van der Waals surface area contributed by atoms with Crippen LogP contribution >= 0.6 is 0 Å². The van der Waals surface area contributed by atoms with Gasteiger partial charge in [-0.2, -0.15) is 0 Å². The van der Waals surface area contributed by atoms with Crippen molar-refractivity contribution >= 4 is 35.8 Å². The van der Waals surface area contributed by atoms with Gasteiger partial charge in [-0.15, -0.1) is 0 Å². The highest BCUT2D eigenvalue weighted by Crippen LogP contribution is 2.30. The van der Waals surface area contributed by atoms with E-state index in [2.05, 4.69) is 54.1 Å². The lowest BCUT2D eigenvalue weighted by atomic mass is 9.99. The van der Waals surface area contributed by atoms with Gasteiger partial charge in [0.05, 0.1) is 6.61 Å². The van der Waals surface area contributed by atoms with Gasteiger partial charge in [0.15, 0.2) is 0 Å². The summed E-state index contributed by atoms with van der Waals surface area (Å²) in [5.41, 5.74) is 3.27. The Bertz CT molecular complexity index is 1720. The number of aryl methyl sites for hydroxylation is 3. The number of unbranched alkanes of at least 4 members (excludes halogenated alkanes) is 1. The predicted octanol–water partition coefficient (Wildman–Crippen LogP) is 8.23. The minimum Gasteiger partial charge on any atom is -0.463 e. The van der Waals surface area contributed by atoms with Crippen LogP contribution in [0.4, 0.5) is 4.79 Å². The molecule has 2 unspecified atom stereocenters. The van der Waals surface area contributed by atoms with E-state index in [0.717, 1.165) is 19.3 Å². The highest BCUT2D eigenvalue weighted by Gasteiger charge is 2.31. The van der Waals surface area contributed by atoms with Gasteiger partial charge in [-0.05, 0) is 164 Å². The molecule has 2 rings (SSSR count). The summed E-state index contributed by atoms with van der Waals surface area (Å²) in [7, 11) is 0. The summed E-state index contributed by atoms with van der Waals surface area (Å²) in [6.07, 6.45) is 10.6. The highest BCUT2D eigenvalue weighted by molar-refractivity contribution is 5.87. The molecule has 3 atom stereocenters. The topological polar surface area (TPSA) is 194 Å². The minimum atomic E-state index is -1.19. The normalized spacial score (nSPS) is 15.0. The van der Waals surface area contributed by atoms with Crippen LogP contribution in [0.15, 0.2) is 29.8 Å². The van der Waals surface area contributed by atoms with Crippen LogP contribution in [0.2, 0.25) is 0 Å². The number of carbonyl (C=O) groups excluding carboxylic acids is 6. The Kier molecular flexibility index (Phi) is 25.6. The second-order valence-electron chi connectivity index (χ2n) is 20.3. The van der Waals surface area contributed by atoms with E-state index in [0.29, 0.717) is 58.0 Å². The van der Waals surface area contributed by atoms with Gasteiger partial charge >= 0.3 is 29.9 Å². The fraction of sp³-hybridized carbons (Fsp3) is 0.725. The van der Waals surface area contributed by atoms with Crippen molar-refractivity contribution in [1.82, 2.24) is 16.0 Å². The lowest BCUT2D eigenvalue weighted by Gasteiger charge is -2.27. The average Bonchev–Trinajstić information content (AvgIpc) is 3.65. The molecule has 1 aromatic rings. The molecular formula is C51H83N3O12. The monoisotopic (exact) mass is 930 g/mol. The van der Waals surface area contributed by atoms with Crippen LogP contribution in [0.3, 0.4) is 0 Å². The number of carbonyl (C=O) groups is 6. The van der Waals surface area contributed by atoms with Crippen molar-refractivity contribution in [3.63, 3.8) is 0 Å². The molecule has 0 saturated carbocycles. The fourth-order valence-electron chi connectivity index (χ4n) is 7.15. The standard InChI is InChI=1S/C51H83N3O12/c1-36-19-23-40(37(2)34-36)24-22-38-20-21-39(35-38)27-31-61-30-15-18-44(56)63-33-32-62-29-14-17-43(55)52-28-13-12-16-41(46(58)65-50(6,7)8)53-48(60)54-42(47(59)66-51(9,10)11)25-26-45(57)64-49(3,4)5/h19,23,34-35,39,41-42H,12-18,20-22,24-33H2,1-11H3,(H,52,55)(H2,53,54,60)/t39?,41?,42-/m0/s1. The van der Waals surface area contributed by atoms with Crippen molar-refractivity contribution in [3.05, 3.63) is 46.5 Å². The van der Waals surface area contributed by atoms with Gasteiger partial charge in [0.1, 0.15) is 35.5 Å². The van der Waals surface area contributed by atoms with E-state index in [-0.39, 0.29) is 57.2 Å². The van der Waals surface area contributed by atoms with Gasteiger partial charge in [0, 0.05) is 45.6 Å². The van der Waals surface area contributed by atoms with E-state index >= 15 is 0 Å². The Morgan fingerprint density at radius 1 is 0.652 bits per heavy atom. The number of esters is 4. The fourth-order valence-corrected chi connectivity index (χ4v) is 7.15. The van der Waals surface area contributed by atoms with Gasteiger partial charge in [0.2, 0.25) is 5.91 Å². The number of hydrogen-bond donors (Lipinski definition) is 3. The maximum Gasteiger partial charge on any atom is 0.329 e. The zero-order chi connectivity index (χ0) is 49.3. The molecule has 3 N–H and O–H groups in total. The zero-order valence-electron chi connectivity index (χ0n) is 42.1. The number of urea groups is 1. The molecule has 0 fully saturated rings. The van der Waals surface area contributed by atoms with Crippen molar-refractivity contribution in [1.29, 1.82) is 0 Å². The second-order valence-corrected chi connectivity index (χ2v) is 20.3. The van der Waals surface area contributed by atoms with E-state index < -0.39 is 52.8 Å². The molecule has 0 radical (unpaired) electrons. The number of hydrogen-bond acceptors (Lipinski definition) is 12. The van der Waals surface area contributed by atoms with E-state index in [1.165, 1.54) is 29.5 Å². The minimum absolute atomic E-state index is 0.0805. The molecule has 1 aliphatic carbocycles. The molecule has 0 heterocycles. The van der Waals surface area contributed by atoms with E-state index in [1.54, 1.807) is 67.9 Å². The van der Waals surface area contributed by atoms with Crippen LogP contribution in [0, 0.1) is 19.8 Å². The van der Waals surface area contributed by atoms with Crippen LogP contribution < -0.4 is 16.0 Å². The first kappa shape index (κ1) is 57.6. The Hall–Kier alpha value is -4.50.